The van der Waals surface area contributed by atoms with Crippen molar-refractivity contribution in [1.29, 1.82) is 0 Å². The zero-order chi connectivity index (χ0) is 15.7. The Labute approximate surface area is 125 Å². The molecule has 1 amide bonds. The SMILES string of the molecule is C#CCCCCCC(=Cc1ccc(O)c(OC)c1)C(N)=O. The number of nitrogens with two attached hydrogens (primary N) is 1. The summed E-state index contributed by atoms with van der Waals surface area (Å²) in [5.74, 6) is 2.58. The number of phenolic OH excluding ortho intramolecular Hbond substituents is 1. The van der Waals surface area contributed by atoms with Gasteiger partial charge in [-0.2, -0.15) is 0 Å². The van der Waals surface area contributed by atoms with Crippen LogP contribution in [0, 0.1) is 12.3 Å². The van der Waals surface area contributed by atoms with Crippen molar-refractivity contribution in [3.8, 4) is 23.8 Å². The lowest BCUT2D eigenvalue weighted by Gasteiger charge is -2.06. The summed E-state index contributed by atoms with van der Waals surface area (Å²) in [5.41, 5.74) is 6.73. The predicted octanol–water partition coefficient (Wildman–Crippen LogP) is 2.85. The van der Waals surface area contributed by atoms with Gasteiger partial charge in [-0.25, -0.2) is 0 Å². The van der Waals surface area contributed by atoms with Gasteiger partial charge in [0.1, 0.15) is 0 Å². The van der Waals surface area contributed by atoms with Crippen molar-refractivity contribution in [3.05, 3.63) is 29.3 Å². The van der Waals surface area contributed by atoms with Crippen LogP contribution in [-0.4, -0.2) is 18.1 Å². The van der Waals surface area contributed by atoms with Crippen molar-refractivity contribution in [3.63, 3.8) is 0 Å². The first-order valence-electron chi connectivity index (χ1n) is 6.89. The third-order valence-electron chi connectivity index (χ3n) is 3.13. The third-order valence-corrected chi connectivity index (χ3v) is 3.13. The van der Waals surface area contributed by atoms with Crippen LogP contribution in [0.15, 0.2) is 23.8 Å². The second kappa shape index (κ2) is 8.70. The third kappa shape index (κ3) is 5.62. The molecule has 0 atom stereocenters. The number of terminal acetylenes is 1. The summed E-state index contributed by atoms with van der Waals surface area (Å²) in [5, 5.41) is 9.55. The molecule has 0 aliphatic carbocycles. The Morgan fingerprint density at radius 1 is 1.43 bits per heavy atom. The Balaban J connectivity index is 2.76. The average molecular weight is 287 g/mol. The number of carbonyl (C=O) groups is 1. The van der Waals surface area contributed by atoms with E-state index in [1.54, 1.807) is 18.2 Å². The van der Waals surface area contributed by atoms with Crippen molar-refractivity contribution in [1.82, 2.24) is 0 Å². The molecule has 0 heterocycles. The fraction of sp³-hybridized carbons (Fsp3) is 0.353. The molecule has 0 aliphatic rings. The number of methoxy groups -OCH3 is 1. The van der Waals surface area contributed by atoms with Crippen LogP contribution >= 0.6 is 0 Å². The number of phenols is 1. The summed E-state index contributed by atoms with van der Waals surface area (Å²) < 4.78 is 5.04. The van der Waals surface area contributed by atoms with Crippen LogP contribution in [0.5, 0.6) is 11.5 Å². The minimum atomic E-state index is -0.431. The molecule has 112 valence electrons. The van der Waals surface area contributed by atoms with Crippen LogP contribution in [0.4, 0.5) is 0 Å². The van der Waals surface area contributed by atoms with Crippen molar-refractivity contribution in [2.24, 2.45) is 5.73 Å². The second-order valence-electron chi connectivity index (χ2n) is 4.73. The fourth-order valence-corrected chi connectivity index (χ4v) is 1.97. The van der Waals surface area contributed by atoms with Gasteiger partial charge >= 0.3 is 0 Å². The Bertz CT molecular complexity index is 556. The summed E-state index contributed by atoms with van der Waals surface area (Å²) in [6.45, 7) is 0. The highest BCUT2D eigenvalue weighted by molar-refractivity contribution is 5.96. The molecule has 1 rings (SSSR count). The van der Waals surface area contributed by atoms with E-state index in [9.17, 15) is 9.90 Å². The molecular formula is C17H21NO3. The van der Waals surface area contributed by atoms with Crippen LogP contribution in [0.1, 0.15) is 37.7 Å². The smallest absolute Gasteiger partial charge is 0.244 e. The molecule has 0 spiro atoms. The van der Waals surface area contributed by atoms with Gasteiger partial charge in [0.05, 0.1) is 7.11 Å². The molecule has 0 unspecified atom stereocenters. The quantitative estimate of drug-likeness (QED) is 0.438. The van der Waals surface area contributed by atoms with Gasteiger partial charge in [0.15, 0.2) is 11.5 Å². The maximum atomic E-state index is 11.5. The van der Waals surface area contributed by atoms with E-state index >= 15 is 0 Å². The Morgan fingerprint density at radius 3 is 2.81 bits per heavy atom. The number of benzene rings is 1. The molecule has 4 heteroatoms. The van der Waals surface area contributed by atoms with E-state index in [0.29, 0.717) is 17.7 Å². The normalized spacial score (nSPS) is 11.0. The second-order valence-corrected chi connectivity index (χ2v) is 4.73. The molecular weight excluding hydrogens is 266 g/mol. The number of hydrogen-bond acceptors (Lipinski definition) is 3. The van der Waals surface area contributed by atoms with E-state index in [4.69, 9.17) is 16.9 Å². The number of carbonyl (C=O) groups excluding carboxylic acids is 1. The molecule has 0 bridgehead atoms. The summed E-state index contributed by atoms with van der Waals surface area (Å²) in [6.07, 6.45) is 11.1. The summed E-state index contributed by atoms with van der Waals surface area (Å²) in [6, 6.07) is 4.89. The van der Waals surface area contributed by atoms with E-state index in [0.717, 1.165) is 31.2 Å². The lowest BCUT2D eigenvalue weighted by molar-refractivity contribution is -0.114. The van der Waals surface area contributed by atoms with Gasteiger partial charge in [-0.05, 0) is 43.0 Å². The lowest BCUT2D eigenvalue weighted by atomic mass is 10.0. The summed E-state index contributed by atoms with van der Waals surface area (Å²) in [7, 11) is 1.48. The molecule has 3 N–H and O–H groups in total. The van der Waals surface area contributed by atoms with E-state index in [1.807, 2.05) is 0 Å². The monoisotopic (exact) mass is 287 g/mol. The number of unbranched alkanes of at least 4 members (excludes halogenated alkanes) is 3. The van der Waals surface area contributed by atoms with Crippen molar-refractivity contribution >= 4 is 12.0 Å². The first-order valence-corrected chi connectivity index (χ1v) is 6.89. The lowest BCUT2D eigenvalue weighted by Crippen LogP contribution is -2.13. The molecule has 21 heavy (non-hydrogen) atoms. The van der Waals surface area contributed by atoms with Gasteiger partial charge in [0.2, 0.25) is 5.91 Å². The number of hydrogen-bond donors (Lipinski definition) is 2. The molecule has 0 fully saturated rings. The van der Waals surface area contributed by atoms with E-state index < -0.39 is 5.91 Å². The molecule has 1 aromatic carbocycles. The van der Waals surface area contributed by atoms with Crippen molar-refractivity contribution in [2.45, 2.75) is 32.1 Å². The Hall–Kier alpha value is -2.41. The van der Waals surface area contributed by atoms with E-state index in [-0.39, 0.29) is 5.75 Å². The van der Waals surface area contributed by atoms with Crippen LogP contribution in [0.3, 0.4) is 0 Å². The highest BCUT2D eigenvalue weighted by Gasteiger charge is 2.07. The van der Waals surface area contributed by atoms with Gasteiger partial charge in [0.25, 0.3) is 0 Å². The summed E-state index contributed by atoms with van der Waals surface area (Å²) >= 11 is 0. The van der Waals surface area contributed by atoms with Gasteiger partial charge < -0.3 is 15.6 Å². The van der Waals surface area contributed by atoms with Crippen LogP contribution in [-0.2, 0) is 4.79 Å². The number of ether oxygens (including phenoxy) is 1. The van der Waals surface area contributed by atoms with Crippen LogP contribution < -0.4 is 10.5 Å². The number of rotatable bonds is 8. The molecule has 0 aliphatic heterocycles. The van der Waals surface area contributed by atoms with E-state index in [2.05, 4.69) is 5.92 Å². The highest BCUT2D eigenvalue weighted by atomic mass is 16.5. The predicted molar refractivity (Wildman–Crippen MR) is 83.7 cm³/mol. The average Bonchev–Trinajstić information content (AvgIpc) is 2.47. The van der Waals surface area contributed by atoms with Crippen LogP contribution in [0.2, 0.25) is 0 Å². The van der Waals surface area contributed by atoms with E-state index in [1.165, 1.54) is 13.2 Å². The zero-order valence-corrected chi connectivity index (χ0v) is 12.3. The number of primary amides is 1. The number of aromatic hydroxyl groups is 1. The fourth-order valence-electron chi connectivity index (χ4n) is 1.97. The first-order chi connectivity index (χ1) is 10.1. The van der Waals surface area contributed by atoms with Crippen molar-refractivity contribution in [2.75, 3.05) is 7.11 Å². The largest absolute Gasteiger partial charge is 0.504 e. The topological polar surface area (TPSA) is 72.6 Å². The maximum Gasteiger partial charge on any atom is 0.244 e. The van der Waals surface area contributed by atoms with Gasteiger partial charge in [-0.3, -0.25) is 4.79 Å². The molecule has 0 radical (unpaired) electrons. The number of amides is 1. The first kappa shape index (κ1) is 16.6. The zero-order valence-electron chi connectivity index (χ0n) is 12.3. The Kier molecular flexibility index (Phi) is 6.90. The molecule has 1 aromatic rings. The van der Waals surface area contributed by atoms with Crippen LogP contribution in [0.25, 0.3) is 6.08 Å². The summed E-state index contributed by atoms with van der Waals surface area (Å²) in [4.78, 5) is 11.5. The van der Waals surface area contributed by atoms with Gasteiger partial charge in [-0.1, -0.05) is 12.5 Å². The highest BCUT2D eigenvalue weighted by Crippen LogP contribution is 2.27. The standard InChI is InChI=1S/C17H21NO3/c1-3-4-5-6-7-8-14(17(18)20)11-13-9-10-15(19)16(12-13)21-2/h1,9-12,19H,4-8H2,2H3,(H2,18,20). The van der Waals surface area contributed by atoms with Gasteiger partial charge in [-0.15, -0.1) is 12.3 Å². The molecule has 0 aromatic heterocycles. The van der Waals surface area contributed by atoms with Crippen molar-refractivity contribution < 1.29 is 14.6 Å². The molecule has 0 saturated carbocycles. The minimum absolute atomic E-state index is 0.0598. The molecule has 0 saturated heterocycles. The minimum Gasteiger partial charge on any atom is -0.504 e. The Morgan fingerprint density at radius 2 is 2.19 bits per heavy atom. The molecule has 4 nitrogen and oxygen atoms in total. The maximum absolute atomic E-state index is 11.5. The van der Waals surface area contributed by atoms with Gasteiger partial charge in [0, 0.05) is 12.0 Å².